The fourth-order valence-electron chi connectivity index (χ4n) is 2.52. The first-order valence-corrected chi connectivity index (χ1v) is 7.32. The molecule has 0 aliphatic heterocycles. The maximum Gasteiger partial charge on any atom is 0.101 e. The molecule has 0 aliphatic carbocycles. The number of rotatable bonds is 5. The second kappa shape index (κ2) is 6.12. The minimum Gasteiger partial charge on any atom is -0.361 e. The van der Waals surface area contributed by atoms with E-state index in [9.17, 15) is 0 Å². The molecular weight excluding hydrogens is 268 g/mol. The van der Waals surface area contributed by atoms with Crippen LogP contribution in [-0.2, 0) is 13.0 Å². The zero-order chi connectivity index (χ0) is 13.8. The van der Waals surface area contributed by atoms with Gasteiger partial charge in [-0.3, -0.25) is 0 Å². The van der Waals surface area contributed by atoms with Crippen LogP contribution in [0.4, 0.5) is 0 Å². The van der Waals surface area contributed by atoms with E-state index >= 15 is 0 Å². The van der Waals surface area contributed by atoms with Crippen molar-refractivity contribution in [3.05, 3.63) is 70.9 Å². The van der Waals surface area contributed by atoms with Crippen LogP contribution in [0, 0.1) is 0 Å². The highest BCUT2D eigenvalue weighted by atomic mass is 35.5. The van der Waals surface area contributed by atoms with Crippen molar-refractivity contribution in [2.24, 2.45) is 0 Å². The largest absolute Gasteiger partial charge is 0.361 e. The summed E-state index contributed by atoms with van der Waals surface area (Å²) in [5.41, 5.74) is 3.95. The van der Waals surface area contributed by atoms with Gasteiger partial charge in [0.1, 0.15) is 6.54 Å². The van der Waals surface area contributed by atoms with Crippen LogP contribution in [0.3, 0.4) is 0 Å². The van der Waals surface area contributed by atoms with Crippen LogP contribution in [0.2, 0.25) is 5.02 Å². The number of hydrogen-bond acceptors (Lipinski definition) is 0. The summed E-state index contributed by atoms with van der Waals surface area (Å²) >= 11 is 5.88. The number of benzene rings is 2. The van der Waals surface area contributed by atoms with Gasteiger partial charge in [0, 0.05) is 34.1 Å². The number of quaternary nitrogens is 1. The number of nitrogens with two attached hydrogens (primary N) is 1. The average molecular weight is 286 g/mol. The van der Waals surface area contributed by atoms with Crippen molar-refractivity contribution < 1.29 is 5.32 Å². The highest BCUT2D eigenvalue weighted by molar-refractivity contribution is 6.30. The summed E-state index contributed by atoms with van der Waals surface area (Å²) in [4.78, 5) is 3.26. The molecule has 2 nitrogen and oxygen atoms in total. The van der Waals surface area contributed by atoms with Gasteiger partial charge in [-0.1, -0.05) is 35.9 Å². The Morgan fingerprint density at radius 3 is 2.70 bits per heavy atom. The van der Waals surface area contributed by atoms with E-state index in [-0.39, 0.29) is 0 Å². The lowest BCUT2D eigenvalue weighted by molar-refractivity contribution is -0.670. The molecule has 0 radical (unpaired) electrons. The van der Waals surface area contributed by atoms with E-state index in [4.69, 9.17) is 11.6 Å². The minimum atomic E-state index is 0.799. The summed E-state index contributed by atoms with van der Waals surface area (Å²) in [5.74, 6) is 0. The Kier molecular flexibility index (Phi) is 4.05. The average Bonchev–Trinajstić information content (AvgIpc) is 2.94. The zero-order valence-electron chi connectivity index (χ0n) is 11.3. The first kappa shape index (κ1) is 13.2. The van der Waals surface area contributed by atoms with Gasteiger partial charge in [0.2, 0.25) is 0 Å². The molecule has 3 N–H and O–H groups in total. The molecule has 20 heavy (non-hydrogen) atoms. The van der Waals surface area contributed by atoms with E-state index < -0.39 is 0 Å². The van der Waals surface area contributed by atoms with Crippen LogP contribution < -0.4 is 5.32 Å². The Labute approximate surface area is 123 Å². The topological polar surface area (TPSA) is 32.4 Å². The molecule has 0 amide bonds. The maximum absolute atomic E-state index is 5.88. The lowest BCUT2D eigenvalue weighted by Gasteiger charge is -2.04. The van der Waals surface area contributed by atoms with Gasteiger partial charge in [0.25, 0.3) is 0 Å². The third-order valence-corrected chi connectivity index (χ3v) is 3.85. The van der Waals surface area contributed by atoms with Crippen LogP contribution in [0.15, 0.2) is 54.7 Å². The van der Waals surface area contributed by atoms with E-state index in [1.807, 2.05) is 18.3 Å². The Morgan fingerprint density at radius 2 is 1.85 bits per heavy atom. The number of nitrogens with one attached hydrogen (secondary N) is 1. The van der Waals surface area contributed by atoms with Crippen molar-refractivity contribution in [3.63, 3.8) is 0 Å². The fraction of sp³-hybridized carbons (Fsp3) is 0.176. The lowest BCUT2D eigenvalue weighted by Crippen LogP contribution is -2.83. The molecule has 3 rings (SSSR count). The normalized spacial score (nSPS) is 11.1. The molecule has 3 aromatic rings. The smallest absolute Gasteiger partial charge is 0.101 e. The predicted molar refractivity (Wildman–Crippen MR) is 84.0 cm³/mol. The van der Waals surface area contributed by atoms with Gasteiger partial charge in [0.15, 0.2) is 0 Å². The Morgan fingerprint density at radius 1 is 1.00 bits per heavy atom. The highest BCUT2D eigenvalue weighted by Gasteiger charge is 2.02. The minimum absolute atomic E-state index is 0.799. The summed E-state index contributed by atoms with van der Waals surface area (Å²) in [6, 6.07) is 16.7. The molecule has 0 saturated heterocycles. The van der Waals surface area contributed by atoms with Crippen molar-refractivity contribution in [2.75, 3.05) is 6.54 Å². The molecule has 0 spiro atoms. The van der Waals surface area contributed by atoms with Crippen LogP contribution in [0.5, 0.6) is 0 Å². The number of hydrogen-bond donors (Lipinski definition) is 2. The molecular formula is C17H18ClN2+. The third kappa shape index (κ3) is 3.03. The Bertz CT molecular complexity index is 686. The maximum atomic E-state index is 5.88. The van der Waals surface area contributed by atoms with Crippen LogP contribution in [0.25, 0.3) is 10.9 Å². The van der Waals surface area contributed by atoms with Gasteiger partial charge in [-0.2, -0.15) is 0 Å². The quantitative estimate of drug-likeness (QED) is 0.675. The Hall–Kier alpha value is -1.77. The number of aromatic amines is 1. The fourth-order valence-corrected chi connectivity index (χ4v) is 2.64. The van der Waals surface area contributed by atoms with E-state index in [1.165, 1.54) is 22.0 Å². The van der Waals surface area contributed by atoms with Crippen LogP contribution >= 0.6 is 11.6 Å². The molecule has 102 valence electrons. The monoisotopic (exact) mass is 285 g/mol. The number of aromatic nitrogens is 1. The van der Waals surface area contributed by atoms with Crippen LogP contribution in [0.1, 0.15) is 11.1 Å². The molecule has 2 aromatic carbocycles. The van der Waals surface area contributed by atoms with E-state index in [1.54, 1.807) is 0 Å². The van der Waals surface area contributed by atoms with Crippen molar-refractivity contribution in [1.29, 1.82) is 0 Å². The molecule has 0 aliphatic rings. The molecule has 0 saturated carbocycles. The van der Waals surface area contributed by atoms with Gasteiger partial charge in [-0.05, 0) is 29.8 Å². The molecule has 1 aromatic heterocycles. The van der Waals surface area contributed by atoms with Gasteiger partial charge in [-0.25, -0.2) is 0 Å². The standard InChI is InChI=1S/C17H17ClN2/c18-15-6-4-13(5-7-15)12-19-10-8-14-2-1-3-17-16(14)9-11-20-17/h1-7,9,11,19-20H,8,10,12H2/p+1. The summed E-state index contributed by atoms with van der Waals surface area (Å²) in [6.07, 6.45) is 3.09. The van der Waals surface area contributed by atoms with Crippen LogP contribution in [-0.4, -0.2) is 11.5 Å². The molecule has 3 heteroatoms. The summed E-state index contributed by atoms with van der Waals surface area (Å²) < 4.78 is 0. The highest BCUT2D eigenvalue weighted by Crippen LogP contribution is 2.17. The summed E-state index contributed by atoms with van der Waals surface area (Å²) in [5, 5.41) is 4.48. The van der Waals surface area contributed by atoms with E-state index in [2.05, 4.69) is 46.7 Å². The van der Waals surface area contributed by atoms with E-state index in [0.717, 1.165) is 24.5 Å². The molecule has 0 bridgehead atoms. The zero-order valence-corrected chi connectivity index (χ0v) is 12.0. The van der Waals surface area contributed by atoms with Crippen molar-refractivity contribution in [2.45, 2.75) is 13.0 Å². The van der Waals surface area contributed by atoms with E-state index in [0.29, 0.717) is 0 Å². The predicted octanol–water partition coefficient (Wildman–Crippen LogP) is 3.13. The lowest BCUT2D eigenvalue weighted by atomic mass is 10.1. The second-order valence-electron chi connectivity index (χ2n) is 5.01. The summed E-state index contributed by atoms with van der Waals surface area (Å²) in [6.45, 7) is 2.09. The van der Waals surface area contributed by atoms with Gasteiger partial charge in [0.05, 0.1) is 6.54 Å². The van der Waals surface area contributed by atoms with Gasteiger partial charge >= 0.3 is 0 Å². The van der Waals surface area contributed by atoms with Gasteiger partial charge in [-0.15, -0.1) is 0 Å². The van der Waals surface area contributed by atoms with Crippen molar-refractivity contribution in [1.82, 2.24) is 4.98 Å². The first-order valence-electron chi connectivity index (χ1n) is 6.94. The van der Waals surface area contributed by atoms with Gasteiger partial charge < -0.3 is 10.3 Å². The second-order valence-corrected chi connectivity index (χ2v) is 5.45. The van der Waals surface area contributed by atoms with Crippen molar-refractivity contribution in [3.8, 4) is 0 Å². The number of halogens is 1. The molecule has 0 atom stereocenters. The first-order chi connectivity index (χ1) is 9.83. The Balaban J connectivity index is 1.55. The molecule has 0 unspecified atom stereocenters. The molecule has 0 fully saturated rings. The van der Waals surface area contributed by atoms with Crippen molar-refractivity contribution >= 4 is 22.5 Å². The SMILES string of the molecule is Clc1ccc(C[NH2+]CCc2cccc3[nH]ccc23)cc1. The number of H-pyrrole nitrogens is 1. The number of fused-ring (bicyclic) bond motifs is 1. The third-order valence-electron chi connectivity index (χ3n) is 3.60. The molecule has 1 heterocycles. The summed E-state index contributed by atoms with van der Waals surface area (Å²) in [7, 11) is 0.